The number of aliphatic carboxylic acids is 1. The van der Waals surface area contributed by atoms with Gasteiger partial charge in [-0.3, -0.25) is 15.1 Å². The Hall–Kier alpha value is -1.62. The predicted molar refractivity (Wildman–Crippen MR) is 61.9 cm³/mol. The SMILES string of the molecule is COc1cccnc1C1CCCC(C(=O)O)N1. The van der Waals surface area contributed by atoms with Gasteiger partial charge in [-0.1, -0.05) is 0 Å². The molecule has 1 aliphatic rings. The van der Waals surface area contributed by atoms with Crippen LogP contribution in [-0.2, 0) is 4.79 Å². The van der Waals surface area contributed by atoms with Crippen molar-refractivity contribution in [3.63, 3.8) is 0 Å². The van der Waals surface area contributed by atoms with Crippen molar-refractivity contribution in [2.75, 3.05) is 7.11 Å². The van der Waals surface area contributed by atoms with Gasteiger partial charge >= 0.3 is 5.97 Å². The van der Waals surface area contributed by atoms with Crippen molar-refractivity contribution in [3.05, 3.63) is 24.0 Å². The highest BCUT2D eigenvalue weighted by atomic mass is 16.5. The quantitative estimate of drug-likeness (QED) is 0.829. The zero-order chi connectivity index (χ0) is 12.3. The number of hydrogen-bond donors (Lipinski definition) is 2. The Morgan fingerprint density at radius 1 is 1.59 bits per heavy atom. The average Bonchev–Trinajstić information content (AvgIpc) is 2.39. The van der Waals surface area contributed by atoms with E-state index in [-0.39, 0.29) is 6.04 Å². The summed E-state index contributed by atoms with van der Waals surface area (Å²) in [6, 6.07) is 3.12. The third-order valence-corrected chi connectivity index (χ3v) is 3.04. The second-order valence-corrected chi connectivity index (χ2v) is 4.13. The summed E-state index contributed by atoms with van der Waals surface area (Å²) in [5.41, 5.74) is 0.793. The van der Waals surface area contributed by atoms with Crippen molar-refractivity contribution in [1.82, 2.24) is 10.3 Å². The molecule has 0 radical (unpaired) electrons. The van der Waals surface area contributed by atoms with Crippen molar-refractivity contribution in [1.29, 1.82) is 0 Å². The number of nitrogens with one attached hydrogen (secondary N) is 1. The van der Waals surface area contributed by atoms with Crippen LogP contribution in [0, 0.1) is 0 Å². The fraction of sp³-hybridized carbons (Fsp3) is 0.500. The number of rotatable bonds is 3. The molecule has 1 aliphatic heterocycles. The van der Waals surface area contributed by atoms with Gasteiger partial charge in [-0.2, -0.15) is 0 Å². The molecular weight excluding hydrogens is 220 g/mol. The summed E-state index contributed by atoms with van der Waals surface area (Å²) in [5.74, 6) is -0.0966. The Morgan fingerprint density at radius 3 is 3.12 bits per heavy atom. The van der Waals surface area contributed by atoms with Crippen LogP contribution < -0.4 is 10.1 Å². The van der Waals surface area contributed by atoms with Gasteiger partial charge in [0.25, 0.3) is 0 Å². The molecule has 0 saturated carbocycles. The van der Waals surface area contributed by atoms with E-state index >= 15 is 0 Å². The normalized spacial score (nSPS) is 24.3. The Balaban J connectivity index is 2.18. The molecule has 0 amide bonds. The van der Waals surface area contributed by atoms with E-state index in [1.54, 1.807) is 19.4 Å². The van der Waals surface area contributed by atoms with E-state index in [2.05, 4.69) is 10.3 Å². The van der Waals surface area contributed by atoms with Gasteiger partial charge in [0.1, 0.15) is 11.8 Å². The highest BCUT2D eigenvalue weighted by Gasteiger charge is 2.28. The first-order valence-corrected chi connectivity index (χ1v) is 5.70. The molecule has 0 aliphatic carbocycles. The average molecular weight is 236 g/mol. The second-order valence-electron chi connectivity index (χ2n) is 4.13. The monoisotopic (exact) mass is 236 g/mol. The van der Waals surface area contributed by atoms with E-state index in [9.17, 15) is 4.79 Å². The van der Waals surface area contributed by atoms with Crippen LogP contribution in [0.2, 0.25) is 0 Å². The first-order chi connectivity index (χ1) is 8.22. The van der Waals surface area contributed by atoms with Gasteiger partial charge in [0.2, 0.25) is 0 Å². The van der Waals surface area contributed by atoms with Crippen LogP contribution in [0.3, 0.4) is 0 Å². The van der Waals surface area contributed by atoms with E-state index in [0.717, 1.165) is 18.5 Å². The number of aromatic nitrogens is 1. The van der Waals surface area contributed by atoms with Crippen molar-refractivity contribution < 1.29 is 14.6 Å². The first-order valence-electron chi connectivity index (χ1n) is 5.70. The van der Waals surface area contributed by atoms with Crippen LogP contribution in [0.4, 0.5) is 0 Å². The lowest BCUT2D eigenvalue weighted by atomic mass is 9.96. The second kappa shape index (κ2) is 5.14. The van der Waals surface area contributed by atoms with E-state index < -0.39 is 12.0 Å². The molecule has 2 atom stereocenters. The van der Waals surface area contributed by atoms with Gasteiger partial charge in [0, 0.05) is 6.20 Å². The Kier molecular flexibility index (Phi) is 3.58. The van der Waals surface area contributed by atoms with Gasteiger partial charge in [-0.25, -0.2) is 0 Å². The van der Waals surface area contributed by atoms with Crippen molar-refractivity contribution in [2.45, 2.75) is 31.3 Å². The Bertz CT molecular complexity index is 408. The van der Waals surface area contributed by atoms with Gasteiger partial charge < -0.3 is 9.84 Å². The molecule has 1 fully saturated rings. The molecule has 2 rings (SSSR count). The number of carbonyl (C=O) groups is 1. The molecule has 1 aromatic heterocycles. The third kappa shape index (κ3) is 2.55. The molecule has 17 heavy (non-hydrogen) atoms. The molecule has 1 aromatic rings. The highest BCUT2D eigenvalue weighted by Crippen LogP contribution is 2.29. The third-order valence-electron chi connectivity index (χ3n) is 3.04. The Labute approximate surface area is 99.8 Å². The van der Waals surface area contributed by atoms with Crippen molar-refractivity contribution in [2.24, 2.45) is 0 Å². The van der Waals surface area contributed by atoms with Crippen LogP contribution in [0.15, 0.2) is 18.3 Å². The zero-order valence-electron chi connectivity index (χ0n) is 9.72. The van der Waals surface area contributed by atoms with Gasteiger partial charge in [-0.15, -0.1) is 0 Å². The van der Waals surface area contributed by atoms with Gasteiger partial charge in [0.15, 0.2) is 0 Å². The maximum absolute atomic E-state index is 11.0. The minimum absolute atomic E-state index is 0.0407. The van der Waals surface area contributed by atoms with Crippen LogP contribution in [0.1, 0.15) is 31.0 Å². The summed E-state index contributed by atoms with van der Waals surface area (Å²) in [4.78, 5) is 15.3. The summed E-state index contributed by atoms with van der Waals surface area (Å²) < 4.78 is 5.24. The summed E-state index contributed by atoms with van der Waals surface area (Å²) in [6.45, 7) is 0. The van der Waals surface area contributed by atoms with Crippen LogP contribution in [0.5, 0.6) is 5.75 Å². The molecule has 2 N–H and O–H groups in total. The Morgan fingerprint density at radius 2 is 2.41 bits per heavy atom. The number of ether oxygens (including phenoxy) is 1. The predicted octanol–water partition coefficient (Wildman–Crippen LogP) is 1.36. The lowest BCUT2D eigenvalue weighted by Gasteiger charge is -2.28. The molecule has 0 bridgehead atoms. The van der Waals surface area contributed by atoms with Crippen LogP contribution >= 0.6 is 0 Å². The summed E-state index contributed by atoms with van der Waals surface area (Å²) in [5, 5.41) is 12.1. The van der Waals surface area contributed by atoms with Crippen LogP contribution in [0.25, 0.3) is 0 Å². The maximum atomic E-state index is 11.0. The van der Waals surface area contributed by atoms with E-state index in [1.807, 2.05) is 6.07 Å². The molecule has 0 spiro atoms. The topological polar surface area (TPSA) is 71.5 Å². The van der Waals surface area contributed by atoms with Gasteiger partial charge in [-0.05, 0) is 31.4 Å². The number of carboxylic acids is 1. The minimum Gasteiger partial charge on any atom is -0.495 e. The standard InChI is InChI=1S/C12H16N2O3/c1-17-10-6-3-7-13-11(10)8-4-2-5-9(14-8)12(15)16/h3,6-9,14H,2,4-5H2,1H3,(H,15,16). The number of carboxylic acid groups (broad SMARTS) is 1. The highest BCUT2D eigenvalue weighted by molar-refractivity contribution is 5.73. The first kappa shape index (κ1) is 11.9. The fourth-order valence-corrected chi connectivity index (χ4v) is 2.18. The molecule has 2 heterocycles. The molecule has 0 aromatic carbocycles. The van der Waals surface area contributed by atoms with Crippen molar-refractivity contribution >= 4 is 5.97 Å². The molecule has 1 saturated heterocycles. The fourth-order valence-electron chi connectivity index (χ4n) is 2.18. The van der Waals surface area contributed by atoms with Crippen molar-refractivity contribution in [3.8, 4) is 5.75 Å². The zero-order valence-corrected chi connectivity index (χ0v) is 9.72. The number of methoxy groups -OCH3 is 1. The summed E-state index contributed by atoms with van der Waals surface area (Å²) in [6.07, 6.45) is 4.14. The lowest BCUT2D eigenvalue weighted by Crippen LogP contribution is -2.42. The van der Waals surface area contributed by atoms with Gasteiger partial charge in [0.05, 0.1) is 18.8 Å². The summed E-state index contributed by atoms with van der Waals surface area (Å²) >= 11 is 0. The molecule has 92 valence electrons. The smallest absolute Gasteiger partial charge is 0.320 e. The molecule has 5 heteroatoms. The largest absolute Gasteiger partial charge is 0.495 e. The molecule has 2 unspecified atom stereocenters. The number of piperidine rings is 1. The molecule has 5 nitrogen and oxygen atoms in total. The van der Waals surface area contributed by atoms with Crippen LogP contribution in [-0.4, -0.2) is 29.2 Å². The number of hydrogen-bond acceptors (Lipinski definition) is 4. The number of nitrogens with zero attached hydrogens (tertiary/aromatic N) is 1. The minimum atomic E-state index is -0.801. The van der Waals surface area contributed by atoms with E-state index in [0.29, 0.717) is 12.2 Å². The maximum Gasteiger partial charge on any atom is 0.320 e. The van der Waals surface area contributed by atoms with E-state index in [4.69, 9.17) is 9.84 Å². The number of pyridine rings is 1. The lowest BCUT2D eigenvalue weighted by molar-refractivity contribution is -0.140. The van der Waals surface area contributed by atoms with E-state index in [1.165, 1.54) is 0 Å². The molecular formula is C12H16N2O3. The summed E-state index contributed by atoms with van der Waals surface area (Å²) in [7, 11) is 1.60.